The van der Waals surface area contributed by atoms with Crippen molar-refractivity contribution in [2.24, 2.45) is 0 Å². The minimum atomic E-state index is -3.79. The first-order chi connectivity index (χ1) is 8.46. The molecule has 7 nitrogen and oxygen atoms in total. The van der Waals surface area contributed by atoms with Crippen LogP contribution in [-0.2, 0) is 14.8 Å². The van der Waals surface area contributed by atoms with E-state index in [1.165, 1.54) is 5.51 Å². The van der Waals surface area contributed by atoms with E-state index >= 15 is 0 Å². The maximum absolute atomic E-state index is 12.3. The Morgan fingerprint density at radius 3 is 2.94 bits per heavy atom. The molecule has 100 valence electrons. The van der Waals surface area contributed by atoms with Crippen LogP contribution in [0, 0.1) is 0 Å². The SMILES string of the molecule is COC(=O)c1ncsc1S(=O)(=O)N1CC[C@@H](O)C1. The van der Waals surface area contributed by atoms with Crippen LogP contribution in [-0.4, -0.2) is 55.1 Å². The lowest BCUT2D eigenvalue weighted by atomic mass is 10.3. The van der Waals surface area contributed by atoms with Crippen LogP contribution in [0.2, 0.25) is 0 Å². The predicted molar refractivity (Wildman–Crippen MR) is 62.8 cm³/mol. The van der Waals surface area contributed by atoms with Crippen LogP contribution in [0.3, 0.4) is 0 Å². The monoisotopic (exact) mass is 292 g/mol. The van der Waals surface area contributed by atoms with Crippen LogP contribution in [0.25, 0.3) is 0 Å². The third-order valence-corrected chi connectivity index (χ3v) is 5.83. The lowest BCUT2D eigenvalue weighted by Crippen LogP contribution is -2.30. The third kappa shape index (κ3) is 2.26. The van der Waals surface area contributed by atoms with Gasteiger partial charge in [0.05, 0.1) is 18.7 Å². The molecule has 1 aromatic rings. The quantitative estimate of drug-likeness (QED) is 0.767. The summed E-state index contributed by atoms with van der Waals surface area (Å²) in [4.78, 5) is 15.1. The van der Waals surface area contributed by atoms with Gasteiger partial charge in [0, 0.05) is 13.1 Å². The van der Waals surface area contributed by atoms with Gasteiger partial charge in [0.25, 0.3) is 10.0 Å². The highest BCUT2D eigenvalue weighted by Crippen LogP contribution is 2.27. The Bertz CT molecular complexity index is 553. The molecule has 0 amide bonds. The predicted octanol–water partition coefficient (Wildman–Crippen LogP) is -0.315. The van der Waals surface area contributed by atoms with Crippen molar-refractivity contribution in [3.63, 3.8) is 0 Å². The molecule has 1 aliphatic rings. The van der Waals surface area contributed by atoms with E-state index in [1.54, 1.807) is 0 Å². The molecule has 0 saturated carbocycles. The first-order valence-electron chi connectivity index (χ1n) is 5.17. The highest BCUT2D eigenvalue weighted by molar-refractivity contribution is 7.91. The molecule has 1 atom stereocenters. The fourth-order valence-electron chi connectivity index (χ4n) is 1.70. The maximum atomic E-state index is 12.3. The Labute approximate surface area is 108 Å². The van der Waals surface area contributed by atoms with Gasteiger partial charge in [-0.1, -0.05) is 0 Å². The number of thiazole rings is 1. The number of carbonyl (C=O) groups is 1. The number of ether oxygens (including phenoxy) is 1. The molecule has 9 heteroatoms. The fraction of sp³-hybridized carbons (Fsp3) is 0.556. The van der Waals surface area contributed by atoms with Gasteiger partial charge in [-0.15, -0.1) is 11.3 Å². The van der Waals surface area contributed by atoms with Crippen molar-refractivity contribution in [2.75, 3.05) is 20.2 Å². The number of methoxy groups -OCH3 is 1. The first-order valence-corrected chi connectivity index (χ1v) is 7.49. The van der Waals surface area contributed by atoms with E-state index in [0.29, 0.717) is 6.42 Å². The molecule has 0 aliphatic carbocycles. The van der Waals surface area contributed by atoms with Crippen molar-refractivity contribution in [3.8, 4) is 0 Å². The van der Waals surface area contributed by atoms with Gasteiger partial charge in [0.1, 0.15) is 0 Å². The lowest BCUT2D eigenvalue weighted by molar-refractivity contribution is 0.0590. The number of hydrogen-bond donors (Lipinski definition) is 1. The van der Waals surface area contributed by atoms with Crippen molar-refractivity contribution in [3.05, 3.63) is 11.2 Å². The average molecular weight is 292 g/mol. The molecule has 2 heterocycles. The molecule has 0 unspecified atom stereocenters. The van der Waals surface area contributed by atoms with Gasteiger partial charge in [-0.2, -0.15) is 4.31 Å². The zero-order chi connectivity index (χ0) is 13.3. The summed E-state index contributed by atoms with van der Waals surface area (Å²) in [6.45, 7) is 0.281. The Morgan fingerprint density at radius 2 is 2.39 bits per heavy atom. The fourth-order valence-corrected chi connectivity index (χ4v) is 4.46. The summed E-state index contributed by atoms with van der Waals surface area (Å²) in [5.41, 5.74) is 1.08. The Kier molecular flexibility index (Phi) is 3.66. The molecule has 0 aromatic carbocycles. The Hall–Kier alpha value is -1.03. The minimum absolute atomic E-state index is 0.0425. The van der Waals surface area contributed by atoms with E-state index in [0.717, 1.165) is 22.8 Å². The van der Waals surface area contributed by atoms with Crippen LogP contribution < -0.4 is 0 Å². The molecule has 1 aliphatic heterocycles. The summed E-state index contributed by atoms with van der Waals surface area (Å²) in [6, 6.07) is 0. The van der Waals surface area contributed by atoms with Gasteiger partial charge in [-0.05, 0) is 6.42 Å². The van der Waals surface area contributed by atoms with Crippen molar-refractivity contribution >= 4 is 27.3 Å². The maximum Gasteiger partial charge on any atom is 0.358 e. The van der Waals surface area contributed by atoms with E-state index in [9.17, 15) is 18.3 Å². The van der Waals surface area contributed by atoms with Crippen molar-refractivity contribution in [2.45, 2.75) is 16.7 Å². The molecule has 1 saturated heterocycles. The molecule has 1 fully saturated rings. The second-order valence-electron chi connectivity index (χ2n) is 3.79. The molecule has 1 aromatic heterocycles. The van der Waals surface area contributed by atoms with Gasteiger partial charge in [-0.3, -0.25) is 0 Å². The van der Waals surface area contributed by atoms with Gasteiger partial charge >= 0.3 is 5.97 Å². The normalized spacial score (nSPS) is 21.1. The van der Waals surface area contributed by atoms with Crippen LogP contribution >= 0.6 is 11.3 Å². The summed E-state index contributed by atoms with van der Waals surface area (Å²) in [6.07, 6.45) is -0.264. The number of nitrogens with zero attached hydrogens (tertiary/aromatic N) is 2. The topological polar surface area (TPSA) is 96.8 Å². The number of β-amino-alcohol motifs (C(OH)–C–C–N with tert-alkyl or cyclic N) is 1. The summed E-state index contributed by atoms with van der Waals surface area (Å²) in [7, 11) is -2.62. The zero-order valence-electron chi connectivity index (χ0n) is 9.57. The molecule has 0 spiro atoms. The number of sulfonamides is 1. The number of carbonyl (C=O) groups excluding carboxylic acids is 1. The molecular formula is C9H12N2O5S2. The number of aliphatic hydroxyl groups is 1. The van der Waals surface area contributed by atoms with E-state index in [-0.39, 0.29) is 23.0 Å². The van der Waals surface area contributed by atoms with Crippen LogP contribution in [0.5, 0.6) is 0 Å². The smallest absolute Gasteiger partial charge is 0.358 e. The van der Waals surface area contributed by atoms with Crippen LogP contribution in [0.4, 0.5) is 0 Å². The van der Waals surface area contributed by atoms with Gasteiger partial charge in [-0.25, -0.2) is 18.2 Å². The van der Waals surface area contributed by atoms with E-state index < -0.39 is 22.1 Å². The standard InChI is InChI=1S/C9H12N2O5S2/c1-16-8(13)7-9(17-5-10-7)18(14,15)11-3-2-6(12)4-11/h5-6,12H,2-4H2,1H3/t6-/m1/s1. The number of rotatable bonds is 3. The summed E-state index contributed by atoms with van der Waals surface area (Å²) >= 11 is 0.865. The Morgan fingerprint density at radius 1 is 1.67 bits per heavy atom. The molecule has 2 rings (SSSR count). The molecule has 1 N–H and O–H groups in total. The average Bonchev–Trinajstić information content (AvgIpc) is 2.96. The van der Waals surface area contributed by atoms with Crippen molar-refractivity contribution in [1.82, 2.24) is 9.29 Å². The van der Waals surface area contributed by atoms with Crippen LogP contribution in [0.15, 0.2) is 9.72 Å². The van der Waals surface area contributed by atoms with Crippen molar-refractivity contribution < 1.29 is 23.1 Å². The Balaban J connectivity index is 2.36. The zero-order valence-corrected chi connectivity index (χ0v) is 11.2. The van der Waals surface area contributed by atoms with Gasteiger partial charge < -0.3 is 9.84 Å². The highest BCUT2D eigenvalue weighted by Gasteiger charge is 2.36. The largest absolute Gasteiger partial charge is 0.464 e. The number of aliphatic hydroxyl groups excluding tert-OH is 1. The van der Waals surface area contributed by atoms with Crippen LogP contribution in [0.1, 0.15) is 16.9 Å². The second kappa shape index (κ2) is 4.92. The molecule has 0 bridgehead atoms. The van der Waals surface area contributed by atoms with E-state index in [1.807, 2.05) is 0 Å². The summed E-state index contributed by atoms with van der Waals surface area (Å²) in [5, 5.41) is 9.38. The third-order valence-electron chi connectivity index (χ3n) is 2.61. The summed E-state index contributed by atoms with van der Waals surface area (Å²) < 4.78 is 30.0. The molecule has 0 radical (unpaired) electrons. The van der Waals surface area contributed by atoms with E-state index in [4.69, 9.17) is 0 Å². The second-order valence-corrected chi connectivity index (χ2v) is 6.77. The van der Waals surface area contributed by atoms with E-state index in [2.05, 4.69) is 9.72 Å². The summed E-state index contributed by atoms with van der Waals surface area (Å²) in [5.74, 6) is -0.783. The number of esters is 1. The number of aromatic nitrogens is 1. The molecular weight excluding hydrogens is 280 g/mol. The van der Waals surface area contributed by atoms with Gasteiger partial charge in [0.2, 0.25) is 0 Å². The molecule has 18 heavy (non-hydrogen) atoms. The van der Waals surface area contributed by atoms with Gasteiger partial charge in [0.15, 0.2) is 9.90 Å². The first kappa shape index (κ1) is 13.4. The highest BCUT2D eigenvalue weighted by atomic mass is 32.2. The lowest BCUT2D eigenvalue weighted by Gasteiger charge is -2.14. The minimum Gasteiger partial charge on any atom is -0.464 e. The van der Waals surface area contributed by atoms with Crippen molar-refractivity contribution in [1.29, 1.82) is 0 Å². The number of hydrogen-bond acceptors (Lipinski definition) is 7.